The standard InChI is InChI=1S/C20H25IO9/c1-11(23)27-17-16(10-22)30-20(19(29-13(3)25)18(17)28-12(2)24)26-9-8-14-4-6-15(21)7-5-14/h4-7,16-20,22H,8-10H2,1-3H3/t16-,17-,18+,19-,20-/m1/s1. The van der Waals surface area contributed by atoms with Gasteiger partial charge in [-0.05, 0) is 46.7 Å². The van der Waals surface area contributed by atoms with Crippen molar-refractivity contribution in [2.24, 2.45) is 0 Å². The minimum atomic E-state index is -1.20. The third-order valence-electron chi connectivity index (χ3n) is 4.26. The number of hydrogen-bond donors (Lipinski definition) is 1. The number of halogens is 1. The van der Waals surface area contributed by atoms with Crippen molar-refractivity contribution in [2.45, 2.75) is 57.9 Å². The topological polar surface area (TPSA) is 118 Å². The summed E-state index contributed by atoms with van der Waals surface area (Å²) in [6, 6.07) is 7.87. The Labute approximate surface area is 188 Å². The van der Waals surface area contributed by atoms with Gasteiger partial charge in [0.1, 0.15) is 6.10 Å². The molecule has 0 aliphatic carbocycles. The quantitative estimate of drug-likeness (QED) is 0.299. The lowest BCUT2D eigenvalue weighted by Crippen LogP contribution is -2.62. The number of esters is 3. The number of rotatable bonds is 8. The van der Waals surface area contributed by atoms with E-state index in [2.05, 4.69) is 22.6 Å². The molecule has 1 N–H and O–H groups in total. The Balaban J connectivity index is 2.20. The molecule has 1 aliphatic heterocycles. The van der Waals surface area contributed by atoms with Crippen LogP contribution in [0.4, 0.5) is 0 Å². The molecule has 9 nitrogen and oxygen atoms in total. The van der Waals surface area contributed by atoms with Gasteiger partial charge in [-0.1, -0.05) is 12.1 Å². The van der Waals surface area contributed by atoms with Crippen LogP contribution in [-0.4, -0.2) is 66.9 Å². The molecular weight excluding hydrogens is 511 g/mol. The van der Waals surface area contributed by atoms with Crippen molar-refractivity contribution in [1.82, 2.24) is 0 Å². The van der Waals surface area contributed by atoms with E-state index >= 15 is 0 Å². The van der Waals surface area contributed by atoms with Gasteiger partial charge in [0.05, 0.1) is 13.2 Å². The Hall–Kier alpha value is -1.76. The lowest BCUT2D eigenvalue weighted by Gasteiger charge is -2.43. The van der Waals surface area contributed by atoms with Crippen LogP contribution in [0.25, 0.3) is 0 Å². The number of benzene rings is 1. The zero-order chi connectivity index (χ0) is 22.3. The molecule has 166 valence electrons. The molecule has 2 rings (SSSR count). The summed E-state index contributed by atoms with van der Waals surface area (Å²) >= 11 is 2.21. The molecule has 5 atom stereocenters. The second-order valence-corrected chi connectivity index (χ2v) is 7.94. The highest BCUT2D eigenvalue weighted by molar-refractivity contribution is 14.1. The minimum Gasteiger partial charge on any atom is -0.456 e. The molecule has 0 saturated carbocycles. The fourth-order valence-corrected chi connectivity index (χ4v) is 3.44. The van der Waals surface area contributed by atoms with Crippen LogP contribution < -0.4 is 0 Å². The number of carbonyl (C=O) groups is 3. The van der Waals surface area contributed by atoms with E-state index in [0.29, 0.717) is 6.42 Å². The molecule has 1 fully saturated rings. The summed E-state index contributed by atoms with van der Waals surface area (Å²) in [5.41, 5.74) is 1.03. The fraction of sp³-hybridized carbons (Fsp3) is 0.550. The third-order valence-corrected chi connectivity index (χ3v) is 4.98. The van der Waals surface area contributed by atoms with Crippen LogP contribution in [0.1, 0.15) is 26.3 Å². The maximum absolute atomic E-state index is 11.7. The molecule has 0 unspecified atom stereocenters. The summed E-state index contributed by atoms with van der Waals surface area (Å²) in [4.78, 5) is 34.8. The van der Waals surface area contributed by atoms with Crippen LogP contribution in [0.3, 0.4) is 0 Å². The van der Waals surface area contributed by atoms with E-state index in [1.165, 1.54) is 20.8 Å². The summed E-state index contributed by atoms with van der Waals surface area (Å²) in [6.45, 7) is 3.22. The SMILES string of the molecule is CC(=O)O[C@@H]1[C@@H](OC(C)=O)[C@H](OCCc2ccc(I)cc2)O[C@H](CO)[C@H]1OC(C)=O. The van der Waals surface area contributed by atoms with Crippen LogP contribution in [0.15, 0.2) is 24.3 Å². The Morgan fingerprint density at radius 2 is 1.47 bits per heavy atom. The molecule has 0 aromatic heterocycles. The second-order valence-electron chi connectivity index (χ2n) is 6.69. The van der Waals surface area contributed by atoms with Crippen molar-refractivity contribution in [3.8, 4) is 0 Å². The summed E-state index contributed by atoms with van der Waals surface area (Å²) in [6.07, 6.45) is -5.17. The third kappa shape index (κ3) is 7.18. The van der Waals surface area contributed by atoms with Gasteiger partial charge in [-0.15, -0.1) is 0 Å². The van der Waals surface area contributed by atoms with Crippen LogP contribution in [0.2, 0.25) is 0 Å². The molecule has 1 saturated heterocycles. The first-order valence-electron chi connectivity index (χ1n) is 9.35. The maximum atomic E-state index is 11.7. The molecule has 0 amide bonds. The van der Waals surface area contributed by atoms with Gasteiger partial charge in [0.2, 0.25) is 0 Å². The van der Waals surface area contributed by atoms with Gasteiger partial charge in [-0.2, -0.15) is 0 Å². The van der Waals surface area contributed by atoms with Crippen LogP contribution in [0.5, 0.6) is 0 Å². The average molecular weight is 536 g/mol. The van der Waals surface area contributed by atoms with Gasteiger partial charge < -0.3 is 28.8 Å². The van der Waals surface area contributed by atoms with Crippen molar-refractivity contribution < 1.29 is 43.2 Å². The Kier molecular flexibility index (Phi) is 9.46. The second kappa shape index (κ2) is 11.6. The molecule has 1 aliphatic rings. The average Bonchev–Trinajstić information content (AvgIpc) is 2.66. The number of ether oxygens (including phenoxy) is 5. The van der Waals surface area contributed by atoms with Gasteiger partial charge in [0.25, 0.3) is 0 Å². The van der Waals surface area contributed by atoms with Crippen molar-refractivity contribution in [3.05, 3.63) is 33.4 Å². The highest BCUT2D eigenvalue weighted by Crippen LogP contribution is 2.29. The molecule has 1 aromatic rings. The Morgan fingerprint density at radius 3 is 2.00 bits per heavy atom. The Morgan fingerprint density at radius 1 is 0.933 bits per heavy atom. The van der Waals surface area contributed by atoms with Gasteiger partial charge in [-0.3, -0.25) is 14.4 Å². The summed E-state index contributed by atoms with van der Waals surface area (Å²) < 4.78 is 28.4. The van der Waals surface area contributed by atoms with E-state index in [9.17, 15) is 19.5 Å². The Bertz CT molecular complexity index is 736. The monoisotopic (exact) mass is 536 g/mol. The number of aliphatic hydroxyl groups is 1. The minimum absolute atomic E-state index is 0.214. The highest BCUT2D eigenvalue weighted by Gasteiger charge is 2.52. The van der Waals surface area contributed by atoms with Crippen molar-refractivity contribution in [3.63, 3.8) is 0 Å². The largest absolute Gasteiger partial charge is 0.456 e. The molecular formula is C20H25IO9. The number of hydrogen-bond acceptors (Lipinski definition) is 9. The first-order chi connectivity index (χ1) is 14.2. The van der Waals surface area contributed by atoms with E-state index in [4.69, 9.17) is 23.7 Å². The van der Waals surface area contributed by atoms with Gasteiger partial charge in [0, 0.05) is 24.3 Å². The zero-order valence-electron chi connectivity index (χ0n) is 16.9. The summed E-state index contributed by atoms with van der Waals surface area (Å²) in [5.74, 6) is -2.00. The molecule has 1 heterocycles. The normalized spacial score (nSPS) is 26.0. The molecule has 0 bridgehead atoms. The van der Waals surface area contributed by atoms with Crippen molar-refractivity contribution >= 4 is 40.5 Å². The fourth-order valence-electron chi connectivity index (χ4n) is 3.08. The van der Waals surface area contributed by atoms with E-state index in [0.717, 1.165) is 9.13 Å². The van der Waals surface area contributed by atoms with E-state index in [1.54, 1.807) is 0 Å². The van der Waals surface area contributed by atoms with E-state index < -0.39 is 55.2 Å². The molecule has 0 radical (unpaired) electrons. The zero-order valence-corrected chi connectivity index (χ0v) is 19.1. The summed E-state index contributed by atoms with van der Waals surface area (Å²) in [5, 5.41) is 9.72. The first-order valence-corrected chi connectivity index (χ1v) is 10.4. The maximum Gasteiger partial charge on any atom is 0.303 e. The van der Waals surface area contributed by atoms with E-state index in [-0.39, 0.29) is 6.61 Å². The lowest BCUT2D eigenvalue weighted by atomic mass is 9.98. The van der Waals surface area contributed by atoms with Gasteiger partial charge >= 0.3 is 17.9 Å². The predicted molar refractivity (Wildman–Crippen MR) is 111 cm³/mol. The van der Waals surface area contributed by atoms with Crippen LogP contribution >= 0.6 is 22.6 Å². The highest BCUT2D eigenvalue weighted by atomic mass is 127. The predicted octanol–water partition coefficient (Wildman–Crippen LogP) is 1.36. The smallest absolute Gasteiger partial charge is 0.303 e. The number of carbonyl (C=O) groups excluding carboxylic acids is 3. The molecule has 10 heteroatoms. The van der Waals surface area contributed by atoms with Gasteiger partial charge in [-0.25, -0.2) is 0 Å². The van der Waals surface area contributed by atoms with Crippen molar-refractivity contribution in [1.29, 1.82) is 0 Å². The van der Waals surface area contributed by atoms with Crippen LogP contribution in [0, 0.1) is 3.57 Å². The van der Waals surface area contributed by atoms with E-state index in [1.807, 2.05) is 24.3 Å². The summed E-state index contributed by atoms with van der Waals surface area (Å²) in [7, 11) is 0. The van der Waals surface area contributed by atoms with Crippen molar-refractivity contribution in [2.75, 3.05) is 13.2 Å². The number of aliphatic hydroxyl groups excluding tert-OH is 1. The molecule has 0 spiro atoms. The molecule has 1 aromatic carbocycles. The molecule has 30 heavy (non-hydrogen) atoms. The van der Waals surface area contributed by atoms with Gasteiger partial charge in [0.15, 0.2) is 24.6 Å². The first kappa shape index (κ1) is 24.5. The van der Waals surface area contributed by atoms with Crippen LogP contribution in [-0.2, 0) is 44.5 Å². The lowest BCUT2D eigenvalue weighted by molar-refractivity contribution is -0.307.